The topological polar surface area (TPSA) is 27.7 Å². The maximum atomic E-state index is 6.02. The second-order valence-corrected chi connectivity index (χ2v) is 5.44. The van der Waals surface area contributed by atoms with Crippen LogP contribution in [0.1, 0.15) is 39.2 Å². The normalized spacial score (nSPS) is 20.8. The zero-order valence-corrected chi connectivity index (χ0v) is 11.9. The Morgan fingerprint density at radius 3 is 2.39 bits per heavy atom. The average molecular weight is 250 g/mol. The second kappa shape index (κ2) is 4.71. The van der Waals surface area contributed by atoms with Crippen LogP contribution in [-0.2, 0) is 5.41 Å². The van der Waals surface area contributed by atoms with Gasteiger partial charge in [0.2, 0.25) is 0 Å². The molecule has 1 atom stereocenters. The van der Waals surface area contributed by atoms with E-state index in [1.807, 2.05) is 12.1 Å². The van der Waals surface area contributed by atoms with Gasteiger partial charge in [0.05, 0.1) is 20.3 Å². The summed E-state index contributed by atoms with van der Waals surface area (Å²) in [7, 11) is 3.31. The van der Waals surface area contributed by atoms with Gasteiger partial charge in [-0.25, -0.2) is 0 Å². The fourth-order valence-corrected chi connectivity index (χ4v) is 2.61. The largest absolute Gasteiger partial charge is 0.493 e. The van der Waals surface area contributed by atoms with E-state index in [9.17, 15) is 0 Å². The SMILES string of the molecule is CCC1CC(C)(C)c2cc(OC)c(OC)cc2O1. The summed E-state index contributed by atoms with van der Waals surface area (Å²) in [6, 6.07) is 3.98. The van der Waals surface area contributed by atoms with Gasteiger partial charge in [-0.05, 0) is 24.3 Å². The standard InChI is InChI=1S/C15H22O3/c1-6-10-9-15(2,3)11-7-13(16-4)14(17-5)8-12(11)18-10/h7-8,10H,6,9H2,1-5H3. The van der Waals surface area contributed by atoms with Crippen molar-refractivity contribution >= 4 is 0 Å². The van der Waals surface area contributed by atoms with Gasteiger partial charge in [-0.1, -0.05) is 20.8 Å². The molecule has 1 aromatic carbocycles. The third-order valence-electron chi connectivity index (χ3n) is 3.70. The zero-order chi connectivity index (χ0) is 13.3. The fourth-order valence-electron chi connectivity index (χ4n) is 2.61. The first kappa shape index (κ1) is 13.1. The minimum Gasteiger partial charge on any atom is -0.493 e. The predicted molar refractivity (Wildman–Crippen MR) is 71.9 cm³/mol. The first-order valence-electron chi connectivity index (χ1n) is 6.45. The highest BCUT2D eigenvalue weighted by molar-refractivity contribution is 5.54. The van der Waals surface area contributed by atoms with Crippen molar-refractivity contribution in [1.82, 2.24) is 0 Å². The van der Waals surface area contributed by atoms with E-state index in [4.69, 9.17) is 14.2 Å². The molecule has 0 spiro atoms. The molecule has 0 bridgehead atoms. The third kappa shape index (κ3) is 2.14. The number of ether oxygens (including phenoxy) is 3. The van der Waals surface area contributed by atoms with Gasteiger partial charge in [-0.2, -0.15) is 0 Å². The second-order valence-electron chi connectivity index (χ2n) is 5.44. The minimum absolute atomic E-state index is 0.105. The van der Waals surface area contributed by atoms with Gasteiger partial charge in [0.1, 0.15) is 5.75 Å². The van der Waals surface area contributed by atoms with Crippen molar-refractivity contribution in [3.05, 3.63) is 17.7 Å². The quantitative estimate of drug-likeness (QED) is 0.821. The van der Waals surface area contributed by atoms with Crippen LogP contribution < -0.4 is 14.2 Å². The number of hydrogen-bond donors (Lipinski definition) is 0. The van der Waals surface area contributed by atoms with E-state index < -0.39 is 0 Å². The molecule has 18 heavy (non-hydrogen) atoms. The lowest BCUT2D eigenvalue weighted by Gasteiger charge is -2.37. The average Bonchev–Trinajstić information content (AvgIpc) is 2.36. The van der Waals surface area contributed by atoms with Crippen LogP contribution in [-0.4, -0.2) is 20.3 Å². The number of hydrogen-bond acceptors (Lipinski definition) is 3. The molecule has 0 saturated heterocycles. The number of fused-ring (bicyclic) bond motifs is 1. The Morgan fingerprint density at radius 1 is 1.22 bits per heavy atom. The van der Waals surface area contributed by atoms with Crippen LogP contribution in [0.3, 0.4) is 0 Å². The Hall–Kier alpha value is -1.38. The molecule has 1 unspecified atom stereocenters. The lowest BCUT2D eigenvalue weighted by atomic mass is 9.77. The van der Waals surface area contributed by atoms with Crippen molar-refractivity contribution in [2.45, 2.75) is 45.1 Å². The van der Waals surface area contributed by atoms with Crippen molar-refractivity contribution in [2.75, 3.05) is 14.2 Å². The summed E-state index contributed by atoms with van der Waals surface area (Å²) in [5.74, 6) is 2.42. The van der Waals surface area contributed by atoms with Crippen LogP contribution >= 0.6 is 0 Å². The summed E-state index contributed by atoms with van der Waals surface area (Å²) in [5, 5.41) is 0. The van der Waals surface area contributed by atoms with Crippen LogP contribution in [0.15, 0.2) is 12.1 Å². The van der Waals surface area contributed by atoms with Crippen molar-refractivity contribution < 1.29 is 14.2 Å². The van der Waals surface area contributed by atoms with Crippen molar-refractivity contribution in [3.8, 4) is 17.2 Å². The van der Waals surface area contributed by atoms with E-state index in [1.54, 1.807) is 14.2 Å². The Kier molecular flexibility index (Phi) is 3.42. The summed E-state index contributed by atoms with van der Waals surface area (Å²) in [6.07, 6.45) is 2.34. The third-order valence-corrected chi connectivity index (χ3v) is 3.70. The molecule has 1 aromatic rings. The molecular formula is C15H22O3. The van der Waals surface area contributed by atoms with Crippen molar-refractivity contribution in [1.29, 1.82) is 0 Å². The molecule has 1 aliphatic heterocycles. The maximum absolute atomic E-state index is 6.02. The molecule has 3 nitrogen and oxygen atoms in total. The molecule has 1 heterocycles. The lowest BCUT2D eigenvalue weighted by molar-refractivity contribution is 0.130. The van der Waals surface area contributed by atoms with E-state index >= 15 is 0 Å². The Balaban J connectivity index is 2.51. The molecule has 100 valence electrons. The van der Waals surface area contributed by atoms with Gasteiger partial charge in [-0.3, -0.25) is 0 Å². The van der Waals surface area contributed by atoms with Crippen LogP contribution in [0.5, 0.6) is 17.2 Å². The van der Waals surface area contributed by atoms with E-state index in [2.05, 4.69) is 20.8 Å². The van der Waals surface area contributed by atoms with Gasteiger partial charge >= 0.3 is 0 Å². The Labute approximate surface area is 109 Å². The van der Waals surface area contributed by atoms with Gasteiger partial charge < -0.3 is 14.2 Å². The van der Waals surface area contributed by atoms with Gasteiger partial charge in [0, 0.05) is 11.6 Å². The molecule has 3 heteroatoms. The molecule has 2 rings (SSSR count). The van der Waals surface area contributed by atoms with Crippen LogP contribution in [0.4, 0.5) is 0 Å². The molecule has 1 aliphatic rings. The van der Waals surface area contributed by atoms with Crippen molar-refractivity contribution in [3.63, 3.8) is 0 Å². The Bertz CT molecular complexity index is 438. The Morgan fingerprint density at radius 2 is 1.83 bits per heavy atom. The smallest absolute Gasteiger partial charge is 0.164 e. The molecule has 0 aliphatic carbocycles. The molecule has 0 saturated carbocycles. The van der Waals surface area contributed by atoms with Gasteiger partial charge in [-0.15, -0.1) is 0 Å². The maximum Gasteiger partial charge on any atom is 0.164 e. The summed E-state index contributed by atoms with van der Waals surface area (Å²) < 4.78 is 16.7. The summed E-state index contributed by atoms with van der Waals surface area (Å²) in [6.45, 7) is 6.67. The number of benzene rings is 1. The minimum atomic E-state index is 0.105. The highest BCUT2D eigenvalue weighted by Gasteiger charge is 2.34. The highest BCUT2D eigenvalue weighted by Crippen LogP contribution is 2.46. The van der Waals surface area contributed by atoms with Crippen molar-refractivity contribution in [2.24, 2.45) is 0 Å². The summed E-state index contributed by atoms with van der Waals surface area (Å²) in [5.41, 5.74) is 1.30. The summed E-state index contributed by atoms with van der Waals surface area (Å²) in [4.78, 5) is 0. The van der Waals surface area contributed by atoms with Crippen LogP contribution in [0, 0.1) is 0 Å². The predicted octanol–water partition coefficient (Wildman–Crippen LogP) is 3.54. The van der Waals surface area contributed by atoms with E-state index in [-0.39, 0.29) is 11.5 Å². The molecule has 0 N–H and O–H groups in total. The highest BCUT2D eigenvalue weighted by atomic mass is 16.5. The molecule has 0 amide bonds. The first-order valence-corrected chi connectivity index (χ1v) is 6.45. The first-order chi connectivity index (χ1) is 8.51. The van der Waals surface area contributed by atoms with Crippen LogP contribution in [0.25, 0.3) is 0 Å². The van der Waals surface area contributed by atoms with Gasteiger partial charge in [0.25, 0.3) is 0 Å². The fraction of sp³-hybridized carbons (Fsp3) is 0.600. The molecular weight excluding hydrogens is 228 g/mol. The molecule has 0 radical (unpaired) electrons. The van der Waals surface area contributed by atoms with E-state index in [0.29, 0.717) is 0 Å². The summed E-state index contributed by atoms with van der Waals surface area (Å²) >= 11 is 0. The number of rotatable bonds is 3. The van der Waals surface area contributed by atoms with E-state index in [0.717, 1.165) is 30.1 Å². The number of methoxy groups -OCH3 is 2. The molecule has 0 aromatic heterocycles. The zero-order valence-electron chi connectivity index (χ0n) is 11.9. The van der Waals surface area contributed by atoms with E-state index in [1.165, 1.54) is 5.56 Å². The van der Waals surface area contributed by atoms with Gasteiger partial charge in [0.15, 0.2) is 11.5 Å². The lowest BCUT2D eigenvalue weighted by Crippen LogP contribution is -2.33. The molecule has 0 fully saturated rings. The monoisotopic (exact) mass is 250 g/mol. The van der Waals surface area contributed by atoms with Crippen LogP contribution in [0.2, 0.25) is 0 Å².